The molecule has 3 aliphatic rings. The summed E-state index contributed by atoms with van der Waals surface area (Å²) in [7, 11) is 1.07. The molecule has 3 aliphatic heterocycles. The zero-order valence-corrected chi connectivity index (χ0v) is 32.7. The fraction of sp³-hybridized carbons (Fsp3) is 0.359. The molecule has 13 nitrogen and oxygen atoms in total. The Balaban J connectivity index is 0.968. The predicted octanol–water partition coefficient (Wildman–Crippen LogP) is 5.87. The van der Waals surface area contributed by atoms with Gasteiger partial charge in [0.05, 0.1) is 30.2 Å². The lowest BCUT2D eigenvalue weighted by Gasteiger charge is -2.38. The summed E-state index contributed by atoms with van der Waals surface area (Å²) in [6.45, 7) is 5.67. The molecule has 3 aromatic carbocycles. The average molecular weight is 789 g/mol. The maximum Gasteiger partial charge on any atom is 0.258 e. The summed E-state index contributed by atoms with van der Waals surface area (Å²) >= 11 is 6.45. The maximum atomic E-state index is 15.3. The molecule has 4 heterocycles. The lowest BCUT2D eigenvalue weighted by atomic mass is 10.0. The number of ether oxygens (including phenoxy) is 1. The van der Waals surface area contributed by atoms with Crippen molar-refractivity contribution in [2.75, 3.05) is 56.1 Å². The molecule has 0 aliphatic carbocycles. The molecule has 1 unspecified atom stereocenters. The summed E-state index contributed by atoms with van der Waals surface area (Å²) < 4.78 is 34.0. The first-order valence-corrected chi connectivity index (χ1v) is 21.1. The molecule has 0 bridgehead atoms. The molecule has 3 N–H and O–H groups in total. The lowest BCUT2D eigenvalue weighted by molar-refractivity contribution is -0.136. The number of anilines is 5. The molecule has 7 rings (SSSR count). The average Bonchev–Trinajstić information content (AvgIpc) is 3.48. The molecular formula is C39H43ClFN8O5P. The molecule has 2 fully saturated rings. The summed E-state index contributed by atoms with van der Waals surface area (Å²) in [6, 6.07) is 16.0. The fourth-order valence-electron chi connectivity index (χ4n) is 7.59. The van der Waals surface area contributed by atoms with Gasteiger partial charge in [0.15, 0.2) is 5.82 Å². The van der Waals surface area contributed by atoms with Crippen LogP contribution in [0.25, 0.3) is 0 Å². The second-order valence-corrected chi connectivity index (χ2v) is 18.1. The molecule has 55 heavy (non-hydrogen) atoms. The van der Waals surface area contributed by atoms with E-state index in [9.17, 15) is 18.9 Å². The minimum Gasteiger partial charge on any atom is -0.494 e. The molecular weight excluding hydrogens is 746 g/mol. The minimum atomic E-state index is -2.57. The molecule has 0 spiro atoms. The number of nitrogens with one attached hydrogen (secondary N) is 3. The highest BCUT2D eigenvalue weighted by atomic mass is 35.5. The van der Waals surface area contributed by atoms with Crippen molar-refractivity contribution >= 4 is 70.6 Å². The van der Waals surface area contributed by atoms with E-state index in [2.05, 4.69) is 35.7 Å². The Kier molecular flexibility index (Phi) is 10.8. The zero-order chi connectivity index (χ0) is 39.0. The SMILES string of the molecule is COc1cc(N2CCC(N(C)Cc3cc(F)c4c(c3)CN(C3CCC(=O)NC3=O)C4=O)CC2)ccc1Nc1ncc(Cl)c(Nc2ccccc2P(C)(C)=O)n1. The van der Waals surface area contributed by atoms with E-state index in [1.807, 2.05) is 55.6 Å². The van der Waals surface area contributed by atoms with Crippen molar-refractivity contribution in [2.45, 2.75) is 50.9 Å². The number of carbonyl (C=O) groups is 3. The van der Waals surface area contributed by atoms with Crippen molar-refractivity contribution < 1.29 is 28.1 Å². The highest BCUT2D eigenvalue weighted by Crippen LogP contribution is 2.39. The summed E-state index contributed by atoms with van der Waals surface area (Å²) in [5, 5.41) is 9.75. The lowest BCUT2D eigenvalue weighted by Crippen LogP contribution is -2.52. The summed E-state index contributed by atoms with van der Waals surface area (Å²) in [5.74, 6) is -0.696. The van der Waals surface area contributed by atoms with Crippen LogP contribution in [0.15, 0.2) is 60.8 Å². The van der Waals surface area contributed by atoms with Gasteiger partial charge in [-0.2, -0.15) is 4.98 Å². The van der Waals surface area contributed by atoms with Crippen molar-refractivity contribution in [1.82, 2.24) is 25.1 Å². The number of fused-ring (bicyclic) bond motifs is 1. The topological polar surface area (TPSA) is 149 Å². The van der Waals surface area contributed by atoms with Gasteiger partial charge >= 0.3 is 0 Å². The number of hydrogen-bond donors (Lipinski definition) is 3. The normalized spacial score (nSPS) is 17.7. The van der Waals surface area contributed by atoms with E-state index >= 15 is 4.39 Å². The van der Waals surface area contributed by atoms with Crippen LogP contribution >= 0.6 is 18.7 Å². The summed E-state index contributed by atoms with van der Waals surface area (Å²) in [4.78, 5) is 52.0. The van der Waals surface area contributed by atoms with Gasteiger partial charge in [0.25, 0.3) is 5.91 Å². The predicted molar refractivity (Wildman–Crippen MR) is 211 cm³/mol. The highest BCUT2D eigenvalue weighted by Gasteiger charge is 2.40. The Bertz CT molecular complexity index is 2210. The zero-order valence-electron chi connectivity index (χ0n) is 31.1. The van der Waals surface area contributed by atoms with Crippen LogP contribution in [0.2, 0.25) is 5.02 Å². The smallest absolute Gasteiger partial charge is 0.258 e. The number of methoxy groups -OCH3 is 1. The highest BCUT2D eigenvalue weighted by molar-refractivity contribution is 7.70. The van der Waals surface area contributed by atoms with Gasteiger partial charge in [-0.1, -0.05) is 29.8 Å². The van der Waals surface area contributed by atoms with E-state index in [1.54, 1.807) is 20.4 Å². The number of hydrogen-bond acceptors (Lipinski definition) is 11. The number of carbonyl (C=O) groups excluding carboxylic acids is 3. The Labute approximate surface area is 324 Å². The number of rotatable bonds is 11. The number of para-hydroxylation sites is 1. The van der Waals surface area contributed by atoms with Gasteiger partial charge in [-0.3, -0.25) is 24.6 Å². The monoisotopic (exact) mass is 788 g/mol. The summed E-state index contributed by atoms with van der Waals surface area (Å²) in [5.41, 5.74) is 3.67. The van der Waals surface area contributed by atoms with Crippen LogP contribution in [0.4, 0.5) is 33.2 Å². The summed E-state index contributed by atoms with van der Waals surface area (Å²) in [6.07, 6.45) is 3.65. The van der Waals surface area contributed by atoms with Crippen LogP contribution in [-0.4, -0.2) is 90.1 Å². The number of benzene rings is 3. The van der Waals surface area contributed by atoms with Crippen LogP contribution in [0, 0.1) is 5.82 Å². The van der Waals surface area contributed by atoms with Gasteiger partial charge in [0.2, 0.25) is 17.8 Å². The Hall–Kier alpha value is -5.04. The number of piperidine rings is 2. The van der Waals surface area contributed by atoms with E-state index in [0.29, 0.717) is 51.3 Å². The number of aromatic nitrogens is 2. The number of imide groups is 1. The van der Waals surface area contributed by atoms with Crippen molar-refractivity contribution in [2.24, 2.45) is 0 Å². The van der Waals surface area contributed by atoms with Gasteiger partial charge in [0.1, 0.15) is 29.8 Å². The molecule has 288 valence electrons. The van der Waals surface area contributed by atoms with Gasteiger partial charge in [-0.05, 0) is 81.1 Å². The van der Waals surface area contributed by atoms with E-state index in [4.69, 9.17) is 16.3 Å². The third kappa shape index (κ3) is 8.17. The Morgan fingerprint density at radius 2 is 1.80 bits per heavy atom. The van der Waals surface area contributed by atoms with Crippen LogP contribution < -0.4 is 30.9 Å². The number of amides is 3. The van der Waals surface area contributed by atoms with Crippen LogP contribution in [0.5, 0.6) is 5.75 Å². The van der Waals surface area contributed by atoms with Crippen molar-refractivity contribution in [3.8, 4) is 5.75 Å². The second-order valence-electron chi connectivity index (χ2n) is 14.5. The quantitative estimate of drug-likeness (QED) is 0.124. The Morgan fingerprint density at radius 1 is 1.04 bits per heavy atom. The molecule has 0 radical (unpaired) electrons. The molecule has 1 atom stereocenters. The van der Waals surface area contributed by atoms with Crippen molar-refractivity contribution in [3.05, 3.63) is 88.3 Å². The van der Waals surface area contributed by atoms with Crippen LogP contribution in [0.3, 0.4) is 0 Å². The maximum absolute atomic E-state index is 15.3. The van der Waals surface area contributed by atoms with Gasteiger partial charge in [-0.25, -0.2) is 9.37 Å². The fourth-order valence-corrected chi connectivity index (χ4v) is 8.88. The molecule has 4 aromatic rings. The largest absolute Gasteiger partial charge is 0.494 e. The third-order valence-electron chi connectivity index (χ3n) is 10.4. The molecule has 16 heteroatoms. The number of nitrogens with zero attached hydrogens (tertiary/aromatic N) is 5. The van der Waals surface area contributed by atoms with E-state index in [-0.39, 0.29) is 36.9 Å². The number of halogens is 2. The standard InChI is InChI=1S/C39H43ClFN8O5P/c1-47(21-23-17-24-22-49(38(52)35(24)28(41)18-23)31-11-12-34(50)45-37(31)51)25-13-15-48(16-14-25)26-9-10-29(32(19-26)54-2)44-39-42-20-27(40)36(46-39)43-30-7-5-6-8-33(30)55(3,4)53/h5-10,17-20,25,31H,11-16,21-22H2,1-4H3,(H,45,50,51)(H2,42,43,44,46). The molecule has 1 aromatic heterocycles. The van der Waals surface area contributed by atoms with Crippen LogP contribution in [-0.2, 0) is 27.2 Å². The van der Waals surface area contributed by atoms with Crippen LogP contribution in [0.1, 0.15) is 47.2 Å². The van der Waals surface area contributed by atoms with Gasteiger partial charge in [0, 0.05) is 55.7 Å². The van der Waals surface area contributed by atoms with Gasteiger partial charge < -0.3 is 29.7 Å². The van der Waals surface area contributed by atoms with Crippen molar-refractivity contribution in [1.29, 1.82) is 0 Å². The first-order chi connectivity index (χ1) is 26.3. The molecule has 3 amide bonds. The molecule has 2 saturated heterocycles. The second kappa shape index (κ2) is 15.6. The van der Waals surface area contributed by atoms with E-state index < -0.39 is 30.8 Å². The van der Waals surface area contributed by atoms with Crippen molar-refractivity contribution in [3.63, 3.8) is 0 Å². The first-order valence-electron chi connectivity index (χ1n) is 18.1. The van der Waals surface area contributed by atoms with E-state index in [1.165, 1.54) is 17.2 Å². The minimum absolute atomic E-state index is 0.00653. The van der Waals surface area contributed by atoms with E-state index in [0.717, 1.165) is 37.2 Å². The van der Waals surface area contributed by atoms with Gasteiger partial charge in [-0.15, -0.1) is 0 Å². The first kappa shape index (κ1) is 38.2. The molecule has 0 saturated carbocycles. The Morgan fingerprint density at radius 3 is 2.53 bits per heavy atom. The third-order valence-corrected chi connectivity index (χ3v) is 12.3.